The highest BCUT2D eigenvalue weighted by atomic mass is 15.1. The Balaban J connectivity index is 1.92. The van der Waals surface area contributed by atoms with Crippen LogP contribution in [-0.2, 0) is 13.6 Å². The molecule has 0 aliphatic heterocycles. The van der Waals surface area contributed by atoms with Gasteiger partial charge in [0.25, 0.3) is 0 Å². The van der Waals surface area contributed by atoms with E-state index in [2.05, 4.69) is 35.8 Å². The molecular weight excluding hydrogens is 198 g/mol. The van der Waals surface area contributed by atoms with Gasteiger partial charge in [-0.25, -0.2) is 4.98 Å². The molecule has 3 nitrogen and oxygen atoms in total. The van der Waals surface area contributed by atoms with Crippen molar-refractivity contribution in [2.45, 2.75) is 52.1 Å². The van der Waals surface area contributed by atoms with E-state index in [1.807, 2.05) is 12.4 Å². The number of nitrogens with zero attached hydrogens (tertiary/aromatic N) is 2. The van der Waals surface area contributed by atoms with Gasteiger partial charge in [0.05, 0.1) is 6.54 Å². The summed E-state index contributed by atoms with van der Waals surface area (Å²) in [6, 6.07) is 0.637. The highest BCUT2D eigenvalue weighted by Gasteiger charge is 2.31. The summed E-state index contributed by atoms with van der Waals surface area (Å²) in [5, 5.41) is 3.67. The van der Waals surface area contributed by atoms with Crippen molar-refractivity contribution in [3.05, 3.63) is 18.2 Å². The number of nitrogens with one attached hydrogen (secondary N) is 1. The minimum Gasteiger partial charge on any atom is -0.337 e. The molecule has 1 aromatic rings. The van der Waals surface area contributed by atoms with Gasteiger partial charge in [-0.05, 0) is 18.3 Å². The van der Waals surface area contributed by atoms with E-state index >= 15 is 0 Å². The molecule has 3 heteroatoms. The second kappa shape index (κ2) is 4.58. The predicted octanol–water partition coefficient (Wildman–Crippen LogP) is 2.48. The molecule has 1 aliphatic rings. The molecule has 1 aromatic heterocycles. The van der Waals surface area contributed by atoms with Crippen LogP contribution in [0.15, 0.2) is 12.4 Å². The number of rotatable bonds is 3. The lowest BCUT2D eigenvalue weighted by molar-refractivity contribution is 0.165. The number of aromatic nitrogens is 2. The highest BCUT2D eigenvalue weighted by molar-refractivity contribution is 4.94. The van der Waals surface area contributed by atoms with Crippen LogP contribution < -0.4 is 5.32 Å². The summed E-state index contributed by atoms with van der Waals surface area (Å²) in [6.07, 6.45) is 9.25. The van der Waals surface area contributed by atoms with Gasteiger partial charge in [-0.2, -0.15) is 0 Å². The van der Waals surface area contributed by atoms with Gasteiger partial charge in [-0.3, -0.25) is 0 Å². The van der Waals surface area contributed by atoms with Crippen molar-refractivity contribution in [3.8, 4) is 0 Å². The van der Waals surface area contributed by atoms with Crippen molar-refractivity contribution >= 4 is 0 Å². The van der Waals surface area contributed by atoms with E-state index in [4.69, 9.17) is 0 Å². The van der Waals surface area contributed by atoms with E-state index in [0.717, 1.165) is 12.4 Å². The van der Waals surface area contributed by atoms with Crippen LogP contribution in [0.3, 0.4) is 0 Å². The molecule has 1 saturated carbocycles. The molecule has 2 rings (SSSR count). The minimum absolute atomic E-state index is 0.434. The molecule has 1 atom stereocenters. The monoisotopic (exact) mass is 221 g/mol. The summed E-state index contributed by atoms with van der Waals surface area (Å²) < 4.78 is 2.09. The first-order valence-corrected chi connectivity index (χ1v) is 6.29. The lowest BCUT2D eigenvalue weighted by atomic mass is 9.73. The largest absolute Gasteiger partial charge is 0.337 e. The molecule has 16 heavy (non-hydrogen) atoms. The molecule has 0 amide bonds. The second-order valence-electron chi connectivity index (χ2n) is 5.62. The van der Waals surface area contributed by atoms with E-state index in [1.54, 1.807) is 0 Å². The number of imidazole rings is 1. The Kier molecular flexibility index (Phi) is 3.33. The predicted molar refractivity (Wildman–Crippen MR) is 66.1 cm³/mol. The molecule has 0 saturated heterocycles. The minimum atomic E-state index is 0.434. The number of hydrogen-bond donors (Lipinski definition) is 1. The summed E-state index contributed by atoms with van der Waals surface area (Å²) in [5.74, 6) is 1.13. The molecule has 1 fully saturated rings. The molecule has 1 unspecified atom stereocenters. The Hall–Kier alpha value is -0.830. The zero-order valence-corrected chi connectivity index (χ0v) is 10.7. The molecule has 0 spiro atoms. The van der Waals surface area contributed by atoms with Gasteiger partial charge < -0.3 is 9.88 Å². The molecule has 90 valence electrons. The zero-order valence-electron chi connectivity index (χ0n) is 10.7. The van der Waals surface area contributed by atoms with E-state index in [9.17, 15) is 0 Å². The van der Waals surface area contributed by atoms with Crippen LogP contribution in [0, 0.1) is 5.41 Å². The summed E-state index contributed by atoms with van der Waals surface area (Å²) in [4.78, 5) is 4.35. The third-order valence-electron chi connectivity index (χ3n) is 3.93. The molecule has 0 bridgehead atoms. The Labute approximate surface area is 98.3 Å². The maximum absolute atomic E-state index is 4.35. The zero-order chi connectivity index (χ0) is 11.6. The van der Waals surface area contributed by atoms with Gasteiger partial charge in [0.2, 0.25) is 0 Å². The van der Waals surface area contributed by atoms with Crippen molar-refractivity contribution in [3.63, 3.8) is 0 Å². The average Bonchev–Trinajstić information content (AvgIpc) is 2.62. The quantitative estimate of drug-likeness (QED) is 0.850. The van der Waals surface area contributed by atoms with Crippen molar-refractivity contribution in [2.24, 2.45) is 12.5 Å². The van der Waals surface area contributed by atoms with E-state index in [-0.39, 0.29) is 0 Å². The average molecular weight is 221 g/mol. The van der Waals surface area contributed by atoms with Crippen LogP contribution >= 0.6 is 0 Å². The smallest absolute Gasteiger partial charge is 0.122 e. The second-order valence-corrected chi connectivity index (χ2v) is 5.62. The first kappa shape index (κ1) is 11.6. The van der Waals surface area contributed by atoms with Gasteiger partial charge in [0.1, 0.15) is 5.82 Å². The van der Waals surface area contributed by atoms with Gasteiger partial charge in [-0.1, -0.05) is 26.7 Å². The van der Waals surface area contributed by atoms with Crippen LogP contribution in [0.4, 0.5) is 0 Å². The van der Waals surface area contributed by atoms with Crippen LogP contribution in [0.2, 0.25) is 0 Å². The van der Waals surface area contributed by atoms with Crippen LogP contribution in [0.25, 0.3) is 0 Å². The SMILES string of the molecule is Cn1ccnc1CNC1CCCCC1(C)C. The van der Waals surface area contributed by atoms with Crippen molar-refractivity contribution in [2.75, 3.05) is 0 Å². The third kappa shape index (κ3) is 2.46. The van der Waals surface area contributed by atoms with Gasteiger partial charge in [0.15, 0.2) is 0 Å². The van der Waals surface area contributed by atoms with Crippen molar-refractivity contribution < 1.29 is 0 Å². The van der Waals surface area contributed by atoms with E-state index < -0.39 is 0 Å². The summed E-state index contributed by atoms with van der Waals surface area (Å²) in [7, 11) is 2.05. The molecular formula is C13H23N3. The Morgan fingerprint density at radius 1 is 1.50 bits per heavy atom. The normalized spacial score (nSPS) is 24.6. The first-order chi connectivity index (χ1) is 7.59. The summed E-state index contributed by atoms with van der Waals surface area (Å²) in [5.41, 5.74) is 0.434. The first-order valence-electron chi connectivity index (χ1n) is 6.29. The Morgan fingerprint density at radius 3 is 2.94 bits per heavy atom. The molecule has 0 radical (unpaired) electrons. The standard InChI is InChI=1S/C13H23N3/c1-13(2)7-5-4-6-11(13)15-10-12-14-8-9-16(12)3/h8-9,11,15H,4-7,10H2,1-3H3. The van der Waals surface area contributed by atoms with E-state index in [1.165, 1.54) is 25.7 Å². The highest BCUT2D eigenvalue weighted by Crippen LogP contribution is 2.35. The Morgan fingerprint density at radius 2 is 2.31 bits per heavy atom. The summed E-state index contributed by atoms with van der Waals surface area (Å²) >= 11 is 0. The lowest BCUT2D eigenvalue weighted by Crippen LogP contribution is -2.44. The fraction of sp³-hybridized carbons (Fsp3) is 0.769. The van der Waals surface area contributed by atoms with Gasteiger partial charge in [-0.15, -0.1) is 0 Å². The maximum Gasteiger partial charge on any atom is 0.122 e. The fourth-order valence-electron chi connectivity index (χ4n) is 2.65. The molecule has 0 aromatic carbocycles. The van der Waals surface area contributed by atoms with Crippen LogP contribution in [-0.4, -0.2) is 15.6 Å². The maximum atomic E-state index is 4.35. The van der Waals surface area contributed by atoms with Gasteiger partial charge in [0, 0.05) is 25.5 Å². The van der Waals surface area contributed by atoms with Crippen LogP contribution in [0.1, 0.15) is 45.4 Å². The molecule has 1 N–H and O–H groups in total. The number of hydrogen-bond acceptors (Lipinski definition) is 2. The van der Waals surface area contributed by atoms with Crippen molar-refractivity contribution in [1.29, 1.82) is 0 Å². The van der Waals surface area contributed by atoms with Gasteiger partial charge >= 0.3 is 0 Å². The Bertz CT molecular complexity index is 341. The third-order valence-corrected chi connectivity index (χ3v) is 3.93. The molecule has 1 aliphatic carbocycles. The van der Waals surface area contributed by atoms with E-state index in [0.29, 0.717) is 11.5 Å². The topological polar surface area (TPSA) is 29.9 Å². The van der Waals surface area contributed by atoms with Crippen LogP contribution in [0.5, 0.6) is 0 Å². The van der Waals surface area contributed by atoms with Crippen molar-refractivity contribution in [1.82, 2.24) is 14.9 Å². The lowest BCUT2D eigenvalue weighted by Gasteiger charge is -2.39. The summed E-state index contributed by atoms with van der Waals surface area (Å²) in [6.45, 7) is 5.64. The molecule has 1 heterocycles. The number of aryl methyl sites for hydroxylation is 1. The fourth-order valence-corrected chi connectivity index (χ4v) is 2.65.